The highest BCUT2D eigenvalue weighted by Gasteiger charge is 2.28. The molecule has 22 heavy (non-hydrogen) atoms. The number of nitrogens with one attached hydrogen (secondary N) is 1. The van der Waals surface area contributed by atoms with Gasteiger partial charge in [-0.3, -0.25) is 10.1 Å². The fourth-order valence-electron chi connectivity index (χ4n) is 2.56. The Labute approximate surface area is 130 Å². The molecule has 122 valence electrons. The molecule has 1 fully saturated rings. The van der Waals surface area contributed by atoms with Gasteiger partial charge in [0.05, 0.1) is 4.92 Å². The van der Waals surface area contributed by atoms with E-state index in [1.54, 1.807) is 0 Å². The zero-order valence-electron chi connectivity index (χ0n) is 13.3. The van der Waals surface area contributed by atoms with E-state index in [2.05, 4.69) is 34.0 Å². The van der Waals surface area contributed by atoms with E-state index in [1.807, 2.05) is 4.90 Å². The molecule has 1 N–H and O–H groups in total. The summed E-state index contributed by atoms with van der Waals surface area (Å²) in [5.74, 6) is 0.746. The maximum Gasteiger partial charge on any atom is 0.353 e. The fraction of sp³-hybridized carbons (Fsp3) is 0.714. The first-order valence-electron chi connectivity index (χ1n) is 7.87. The van der Waals surface area contributed by atoms with Crippen molar-refractivity contribution in [2.24, 2.45) is 0 Å². The van der Waals surface area contributed by atoms with Crippen LogP contribution in [0.4, 0.5) is 17.3 Å². The first-order chi connectivity index (χ1) is 10.7. The molecule has 0 unspecified atom stereocenters. The van der Waals surface area contributed by atoms with Gasteiger partial charge in [-0.05, 0) is 13.0 Å². The third kappa shape index (κ3) is 3.82. The predicted molar refractivity (Wildman–Crippen MR) is 86.4 cm³/mol. The molecule has 0 radical (unpaired) electrons. The van der Waals surface area contributed by atoms with Crippen LogP contribution < -0.4 is 10.2 Å². The highest BCUT2D eigenvalue weighted by atomic mass is 16.6. The summed E-state index contributed by atoms with van der Waals surface area (Å²) in [7, 11) is 0. The Balaban J connectivity index is 2.19. The number of piperazine rings is 1. The Morgan fingerprint density at radius 2 is 2.00 bits per heavy atom. The molecule has 2 heterocycles. The van der Waals surface area contributed by atoms with Crippen LogP contribution in [0.5, 0.6) is 0 Å². The van der Waals surface area contributed by atoms with Crippen molar-refractivity contribution < 1.29 is 4.92 Å². The minimum absolute atomic E-state index is 0.0106. The molecule has 1 aliphatic heterocycles. The second kappa shape index (κ2) is 7.88. The van der Waals surface area contributed by atoms with Crippen LogP contribution in [0.1, 0.15) is 26.7 Å². The molecule has 0 aromatic carbocycles. The molecule has 1 aromatic rings. The smallest absolute Gasteiger partial charge is 0.353 e. The quantitative estimate of drug-likeness (QED) is 0.466. The van der Waals surface area contributed by atoms with Crippen molar-refractivity contribution in [2.45, 2.75) is 26.7 Å². The van der Waals surface area contributed by atoms with Gasteiger partial charge in [0.2, 0.25) is 11.6 Å². The molecule has 8 heteroatoms. The molecule has 0 spiro atoms. The Hall–Kier alpha value is -1.96. The molecule has 8 nitrogen and oxygen atoms in total. The van der Waals surface area contributed by atoms with E-state index in [-0.39, 0.29) is 10.6 Å². The molecule has 0 aliphatic carbocycles. The average Bonchev–Trinajstić information content (AvgIpc) is 2.54. The molecule has 1 aromatic heterocycles. The largest absolute Gasteiger partial charge is 0.364 e. The Morgan fingerprint density at radius 3 is 2.59 bits per heavy atom. The molecule has 1 aliphatic rings. The molecule has 0 atom stereocenters. The van der Waals surface area contributed by atoms with Gasteiger partial charge in [-0.15, -0.1) is 0 Å². The predicted octanol–water partition coefficient (Wildman–Crippen LogP) is 1.74. The van der Waals surface area contributed by atoms with E-state index in [0.717, 1.165) is 45.6 Å². The lowest BCUT2D eigenvalue weighted by molar-refractivity contribution is -0.383. The van der Waals surface area contributed by atoms with Crippen molar-refractivity contribution >= 4 is 17.3 Å². The maximum absolute atomic E-state index is 11.5. The van der Waals surface area contributed by atoms with Gasteiger partial charge in [-0.2, -0.15) is 0 Å². The Morgan fingerprint density at radius 1 is 1.27 bits per heavy atom. The van der Waals surface area contributed by atoms with Gasteiger partial charge in [0, 0.05) is 32.7 Å². The third-order valence-electron chi connectivity index (χ3n) is 3.93. The molecule has 0 saturated carbocycles. The number of unbranched alkanes of at least 4 members (excludes halogenated alkanes) is 1. The summed E-state index contributed by atoms with van der Waals surface area (Å²) in [6.07, 6.45) is 3.38. The van der Waals surface area contributed by atoms with Gasteiger partial charge in [0.1, 0.15) is 6.33 Å². The SMILES string of the molecule is CCCCNc1ncnc(N2CCN(CC)CC2)c1[N+](=O)[O-]. The normalized spacial score (nSPS) is 15.8. The zero-order chi connectivity index (χ0) is 15.9. The molecular weight excluding hydrogens is 284 g/mol. The highest BCUT2D eigenvalue weighted by Crippen LogP contribution is 2.32. The van der Waals surface area contributed by atoms with Crippen LogP contribution in [0.25, 0.3) is 0 Å². The van der Waals surface area contributed by atoms with Gasteiger partial charge < -0.3 is 15.1 Å². The van der Waals surface area contributed by atoms with Crippen molar-refractivity contribution in [3.63, 3.8) is 0 Å². The second-order valence-corrected chi connectivity index (χ2v) is 5.35. The summed E-state index contributed by atoms with van der Waals surface area (Å²) < 4.78 is 0. The second-order valence-electron chi connectivity index (χ2n) is 5.35. The third-order valence-corrected chi connectivity index (χ3v) is 3.93. The summed E-state index contributed by atoms with van der Waals surface area (Å²) in [6, 6.07) is 0. The molecule has 0 amide bonds. The van der Waals surface area contributed by atoms with E-state index in [9.17, 15) is 10.1 Å². The number of likely N-dealkylation sites (N-methyl/N-ethyl adjacent to an activating group) is 1. The first-order valence-corrected chi connectivity index (χ1v) is 7.87. The van der Waals surface area contributed by atoms with E-state index < -0.39 is 0 Å². The lowest BCUT2D eigenvalue weighted by atomic mass is 10.3. The van der Waals surface area contributed by atoms with Crippen molar-refractivity contribution in [2.75, 3.05) is 49.5 Å². The Bertz CT molecular complexity index is 502. The van der Waals surface area contributed by atoms with Crippen molar-refractivity contribution in [1.82, 2.24) is 14.9 Å². The van der Waals surface area contributed by atoms with Gasteiger partial charge in [-0.1, -0.05) is 20.3 Å². The van der Waals surface area contributed by atoms with E-state index in [4.69, 9.17) is 0 Å². The van der Waals surface area contributed by atoms with E-state index in [1.165, 1.54) is 6.33 Å². The lowest BCUT2D eigenvalue weighted by Gasteiger charge is -2.34. The van der Waals surface area contributed by atoms with Gasteiger partial charge in [0.15, 0.2) is 0 Å². The van der Waals surface area contributed by atoms with Crippen LogP contribution in [-0.4, -0.2) is 59.1 Å². The summed E-state index contributed by atoms with van der Waals surface area (Å²) in [5, 5.41) is 14.6. The van der Waals surface area contributed by atoms with Crippen LogP contribution in [0, 0.1) is 10.1 Å². The average molecular weight is 308 g/mol. The number of hydrogen-bond acceptors (Lipinski definition) is 7. The maximum atomic E-state index is 11.5. The van der Waals surface area contributed by atoms with Crippen molar-refractivity contribution in [3.05, 3.63) is 16.4 Å². The summed E-state index contributed by atoms with van der Waals surface area (Å²) in [4.78, 5) is 23.6. The standard InChI is InChI=1S/C14H24N6O2/c1-3-5-6-15-13-12(20(21)22)14(17-11-16-13)19-9-7-18(4-2)8-10-19/h11H,3-10H2,1-2H3,(H,15,16,17). The van der Waals surface area contributed by atoms with Crippen LogP contribution in [0.2, 0.25) is 0 Å². The van der Waals surface area contributed by atoms with Crippen LogP contribution in [0.15, 0.2) is 6.33 Å². The fourth-order valence-corrected chi connectivity index (χ4v) is 2.56. The number of nitro groups is 1. The summed E-state index contributed by atoms with van der Waals surface area (Å²) >= 11 is 0. The number of rotatable bonds is 7. The molecule has 1 saturated heterocycles. The van der Waals surface area contributed by atoms with Crippen LogP contribution in [-0.2, 0) is 0 Å². The van der Waals surface area contributed by atoms with Crippen molar-refractivity contribution in [3.8, 4) is 0 Å². The summed E-state index contributed by atoms with van der Waals surface area (Å²) in [6.45, 7) is 9.18. The van der Waals surface area contributed by atoms with Crippen LogP contribution in [0.3, 0.4) is 0 Å². The summed E-state index contributed by atoms with van der Waals surface area (Å²) in [5.41, 5.74) is -0.0106. The molecular formula is C14H24N6O2. The van der Waals surface area contributed by atoms with E-state index in [0.29, 0.717) is 18.2 Å². The monoisotopic (exact) mass is 308 g/mol. The lowest BCUT2D eigenvalue weighted by Crippen LogP contribution is -2.46. The van der Waals surface area contributed by atoms with Crippen LogP contribution >= 0.6 is 0 Å². The van der Waals surface area contributed by atoms with E-state index >= 15 is 0 Å². The minimum atomic E-state index is -0.379. The Kier molecular flexibility index (Phi) is 5.88. The molecule has 0 bridgehead atoms. The molecule has 2 rings (SSSR count). The van der Waals surface area contributed by atoms with Gasteiger partial charge in [-0.25, -0.2) is 9.97 Å². The van der Waals surface area contributed by atoms with Gasteiger partial charge in [0.25, 0.3) is 0 Å². The number of nitrogens with zero attached hydrogens (tertiary/aromatic N) is 5. The minimum Gasteiger partial charge on any atom is -0.364 e. The van der Waals surface area contributed by atoms with Crippen molar-refractivity contribution in [1.29, 1.82) is 0 Å². The first kappa shape index (κ1) is 16.4. The zero-order valence-corrected chi connectivity index (χ0v) is 13.3. The topological polar surface area (TPSA) is 87.4 Å². The number of anilines is 2. The van der Waals surface area contributed by atoms with Gasteiger partial charge >= 0.3 is 5.69 Å². The number of hydrogen-bond donors (Lipinski definition) is 1. The number of aromatic nitrogens is 2. The highest BCUT2D eigenvalue weighted by molar-refractivity contribution is 5.70.